The molecule has 4 nitrogen and oxygen atoms in total. The van der Waals surface area contributed by atoms with Crippen LogP contribution in [-0.2, 0) is 10.2 Å². The average Bonchev–Trinajstić information content (AvgIpc) is 3.03. The predicted octanol–water partition coefficient (Wildman–Crippen LogP) is 6.04. The van der Waals surface area contributed by atoms with E-state index in [1.165, 1.54) is 11.1 Å². The topological polar surface area (TPSA) is 59.7 Å². The number of carbonyl (C=O) groups excluding carboxylic acids is 1. The fourth-order valence-corrected chi connectivity index (χ4v) is 4.10. The van der Waals surface area contributed by atoms with Gasteiger partial charge in [0.05, 0.1) is 6.61 Å². The molecule has 0 atom stereocenters. The Morgan fingerprint density at radius 1 is 1.04 bits per heavy atom. The first-order valence-electron chi connectivity index (χ1n) is 9.88. The van der Waals surface area contributed by atoms with Crippen molar-refractivity contribution in [3.8, 4) is 5.75 Å². The first-order chi connectivity index (χ1) is 13.4. The molecule has 0 amide bonds. The van der Waals surface area contributed by atoms with Crippen LogP contribution in [-0.4, -0.2) is 17.7 Å². The van der Waals surface area contributed by atoms with E-state index in [2.05, 4.69) is 32.0 Å². The second-order valence-electron chi connectivity index (χ2n) is 7.28. The van der Waals surface area contributed by atoms with E-state index in [0.717, 1.165) is 29.4 Å². The highest BCUT2D eigenvalue weighted by Crippen LogP contribution is 2.42. The second-order valence-corrected chi connectivity index (χ2v) is 7.28. The third-order valence-electron chi connectivity index (χ3n) is 5.91. The summed E-state index contributed by atoms with van der Waals surface area (Å²) in [5, 5.41) is 10.9. The minimum atomic E-state index is -0.427. The normalized spacial score (nSPS) is 11.8. The zero-order valence-electron chi connectivity index (χ0n) is 17.3. The van der Waals surface area contributed by atoms with Crippen LogP contribution in [0.4, 0.5) is 0 Å². The van der Waals surface area contributed by atoms with Crippen molar-refractivity contribution >= 4 is 16.9 Å². The van der Waals surface area contributed by atoms with E-state index in [-0.39, 0.29) is 11.2 Å². The number of esters is 1. The molecule has 0 bridgehead atoms. The zero-order valence-corrected chi connectivity index (χ0v) is 17.3. The smallest absolute Gasteiger partial charge is 0.374 e. The van der Waals surface area contributed by atoms with Gasteiger partial charge in [0.15, 0.2) is 0 Å². The van der Waals surface area contributed by atoms with Crippen LogP contribution in [0, 0.1) is 13.8 Å². The van der Waals surface area contributed by atoms with Crippen molar-refractivity contribution in [2.75, 3.05) is 6.61 Å². The zero-order chi connectivity index (χ0) is 20.5. The van der Waals surface area contributed by atoms with Gasteiger partial charge in [-0.05, 0) is 68.5 Å². The Morgan fingerprint density at radius 2 is 1.68 bits per heavy atom. The van der Waals surface area contributed by atoms with Crippen molar-refractivity contribution in [1.82, 2.24) is 0 Å². The van der Waals surface area contributed by atoms with Crippen molar-refractivity contribution in [3.05, 3.63) is 64.4 Å². The maximum Gasteiger partial charge on any atom is 0.374 e. The van der Waals surface area contributed by atoms with Gasteiger partial charge in [-0.1, -0.05) is 32.0 Å². The van der Waals surface area contributed by atoms with Crippen molar-refractivity contribution in [2.45, 2.75) is 52.9 Å². The quantitative estimate of drug-likeness (QED) is 0.530. The molecular weight excluding hydrogens is 352 g/mol. The fraction of sp³-hybridized carbons (Fsp3) is 0.375. The fourth-order valence-electron chi connectivity index (χ4n) is 4.10. The molecular formula is C24H28O4. The summed E-state index contributed by atoms with van der Waals surface area (Å²) in [5.74, 6) is 0.155. The Kier molecular flexibility index (Phi) is 5.50. The van der Waals surface area contributed by atoms with Crippen LogP contribution < -0.4 is 0 Å². The molecule has 0 saturated heterocycles. The molecule has 2 aromatic carbocycles. The number of ether oxygens (including phenoxy) is 1. The van der Waals surface area contributed by atoms with E-state index in [0.29, 0.717) is 17.9 Å². The van der Waals surface area contributed by atoms with Gasteiger partial charge in [0, 0.05) is 16.4 Å². The maximum atomic E-state index is 12.2. The molecule has 1 heterocycles. The number of carbonyl (C=O) groups is 1. The minimum absolute atomic E-state index is 0.180. The summed E-state index contributed by atoms with van der Waals surface area (Å²) in [7, 11) is 0. The predicted molar refractivity (Wildman–Crippen MR) is 111 cm³/mol. The van der Waals surface area contributed by atoms with Crippen molar-refractivity contribution in [3.63, 3.8) is 0 Å². The Hall–Kier alpha value is -2.75. The monoisotopic (exact) mass is 380 g/mol. The summed E-state index contributed by atoms with van der Waals surface area (Å²) in [6.45, 7) is 10.3. The van der Waals surface area contributed by atoms with Gasteiger partial charge < -0.3 is 14.3 Å². The lowest BCUT2D eigenvalue weighted by atomic mass is 9.70. The van der Waals surface area contributed by atoms with Crippen molar-refractivity contribution < 1.29 is 19.1 Å². The molecule has 148 valence electrons. The van der Waals surface area contributed by atoms with Gasteiger partial charge in [0.1, 0.15) is 11.3 Å². The molecule has 4 heteroatoms. The van der Waals surface area contributed by atoms with Gasteiger partial charge in [-0.2, -0.15) is 0 Å². The highest BCUT2D eigenvalue weighted by atomic mass is 16.5. The summed E-state index contributed by atoms with van der Waals surface area (Å²) in [6.07, 6.45) is 1.84. The Morgan fingerprint density at radius 3 is 2.29 bits per heavy atom. The number of aromatic hydroxyl groups is 1. The van der Waals surface area contributed by atoms with Gasteiger partial charge in [-0.25, -0.2) is 4.79 Å². The van der Waals surface area contributed by atoms with E-state index < -0.39 is 5.97 Å². The van der Waals surface area contributed by atoms with Crippen LogP contribution in [0.3, 0.4) is 0 Å². The average molecular weight is 380 g/mol. The third-order valence-corrected chi connectivity index (χ3v) is 5.91. The van der Waals surface area contributed by atoms with Crippen molar-refractivity contribution in [2.24, 2.45) is 0 Å². The van der Waals surface area contributed by atoms with Crippen LogP contribution in [0.15, 0.2) is 40.8 Å². The summed E-state index contributed by atoms with van der Waals surface area (Å²) in [5.41, 5.74) is 4.54. The van der Waals surface area contributed by atoms with Crippen LogP contribution in [0.1, 0.15) is 66.4 Å². The number of hydrogen-bond donors (Lipinski definition) is 1. The minimum Gasteiger partial charge on any atom is -0.508 e. The van der Waals surface area contributed by atoms with E-state index in [9.17, 15) is 9.90 Å². The molecule has 3 aromatic rings. The first kappa shape index (κ1) is 20.0. The van der Waals surface area contributed by atoms with Gasteiger partial charge in [0.2, 0.25) is 5.76 Å². The summed E-state index contributed by atoms with van der Waals surface area (Å²) < 4.78 is 10.9. The Bertz CT molecular complexity index is 1010. The molecule has 0 fully saturated rings. The largest absolute Gasteiger partial charge is 0.508 e. The number of furan rings is 1. The molecule has 0 aliphatic rings. The first-order valence-corrected chi connectivity index (χ1v) is 9.88. The molecule has 0 aliphatic carbocycles. The van der Waals surface area contributed by atoms with Gasteiger partial charge >= 0.3 is 5.97 Å². The second kappa shape index (κ2) is 7.70. The molecule has 1 aromatic heterocycles. The number of aryl methyl sites for hydroxylation is 2. The molecule has 0 spiro atoms. The van der Waals surface area contributed by atoms with Gasteiger partial charge in [-0.3, -0.25) is 0 Å². The maximum absolute atomic E-state index is 12.2. The molecule has 0 radical (unpaired) electrons. The summed E-state index contributed by atoms with van der Waals surface area (Å²) in [6, 6.07) is 12.0. The van der Waals surface area contributed by atoms with Crippen LogP contribution in [0.2, 0.25) is 0 Å². The van der Waals surface area contributed by atoms with E-state index in [1.54, 1.807) is 13.0 Å². The Labute approximate surface area is 166 Å². The lowest BCUT2D eigenvalue weighted by molar-refractivity contribution is 0.0491. The van der Waals surface area contributed by atoms with Crippen LogP contribution >= 0.6 is 0 Å². The molecule has 1 N–H and O–H groups in total. The lowest BCUT2D eigenvalue weighted by Gasteiger charge is -2.33. The number of phenols is 1. The molecule has 0 aliphatic heterocycles. The highest BCUT2D eigenvalue weighted by Gasteiger charge is 2.32. The van der Waals surface area contributed by atoms with E-state index in [4.69, 9.17) is 9.15 Å². The number of fused-ring (bicyclic) bond motifs is 1. The molecule has 0 saturated carbocycles. The summed E-state index contributed by atoms with van der Waals surface area (Å²) >= 11 is 0. The van der Waals surface area contributed by atoms with Crippen molar-refractivity contribution in [1.29, 1.82) is 0 Å². The lowest BCUT2D eigenvalue weighted by Crippen LogP contribution is -2.26. The van der Waals surface area contributed by atoms with E-state index >= 15 is 0 Å². The molecule has 28 heavy (non-hydrogen) atoms. The number of hydrogen-bond acceptors (Lipinski definition) is 4. The van der Waals surface area contributed by atoms with Crippen LogP contribution in [0.25, 0.3) is 11.0 Å². The summed E-state index contributed by atoms with van der Waals surface area (Å²) in [4.78, 5) is 12.2. The number of benzene rings is 2. The van der Waals surface area contributed by atoms with Crippen LogP contribution in [0.5, 0.6) is 5.75 Å². The third kappa shape index (κ3) is 3.17. The van der Waals surface area contributed by atoms with Gasteiger partial charge in [-0.15, -0.1) is 0 Å². The number of phenolic OH excluding ortho intramolecular Hbond substituents is 1. The van der Waals surface area contributed by atoms with Gasteiger partial charge in [0.25, 0.3) is 0 Å². The SMILES string of the molecule is CCOC(=O)c1oc2ccc(C(CC)(CC)c3ccc(O)c(C)c3)cc2c1C. The standard InChI is InChI=1S/C24H28O4/c1-6-24(7-2,17-9-11-20(25)15(4)13-17)18-10-12-21-19(14-18)16(5)22(28-21)23(26)27-8-3/h9-14,25H,6-8H2,1-5H3. The Balaban J connectivity index is 2.17. The molecule has 0 unspecified atom stereocenters. The van der Waals surface area contributed by atoms with E-state index in [1.807, 2.05) is 26.0 Å². The molecule has 3 rings (SSSR count). The highest BCUT2D eigenvalue weighted by molar-refractivity contribution is 5.96. The number of rotatable bonds is 6.